The summed E-state index contributed by atoms with van der Waals surface area (Å²) in [5.41, 5.74) is 0.916. The Balaban J connectivity index is 1.91. The summed E-state index contributed by atoms with van der Waals surface area (Å²) >= 11 is 6.21. The fourth-order valence-electron chi connectivity index (χ4n) is 2.49. The summed E-state index contributed by atoms with van der Waals surface area (Å²) in [5.74, 6) is 1.91. The number of halogens is 1. The summed E-state index contributed by atoms with van der Waals surface area (Å²) in [7, 11) is 0. The van der Waals surface area contributed by atoms with Gasteiger partial charge in [-0.15, -0.1) is 11.6 Å². The van der Waals surface area contributed by atoms with E-state index in [-0.39, 0.29) is 0 Å². The van der Waals surface area contributed by atoms with Gasteiger partial charge in [0, 0.05) is 23.7 Å². The molecule has 1 aromatic heterocycles. The molecule has 1 aromatic rings. The molecule has 1 heterocycles. The fourth-order valence-corrected chi connectivity index (χ4v) is 2.89. The topological polar surface area (TPSA) is 47.0 Å². The van der Waals surface area contributed by atoms with Crippen LogP contribution in [0, 0.1) is 12.8 Å². The first-order valence-electron chi connectivity index (χ1n) is 7.03. The molecule has 2 unspecified atom stereocenters. The number of hydrogen-bond donors (Lipinski definition) is 1. The Morgan fingerprint density at radius 1 is 1.42 bits per heavy atom. The molecule has 0 amide bonds. The quantitative estimate of drug-likeness (QED) is 0.842. The van der Waals surface area contributed by atoms with Gasteiger partial charge in [-0.05, 0) is 39.0 Å². The monoisotopic (exact) mass is 283 g/mol. The number of ether oxygens (including phenoxy) is 1. The Labute approximate surface area is 119 Å². The molecule has 0 bridgehead atoms. The highest BCUT2D eigenvalue weighted by Crippen LogP contribution is 2.27. The standard InChI is InChI=1S/C14H22ClN3O/c1-3-19-13-7-10(2)17-14(18-13)16-9-11-5-4-6-12(15)8-11/h7,11-12H,3-6,8-9H2,1-2H3,(H,16,17,18). The molecule has 0 saturated heterocycles. The molecule has 19 heavy (non-hydrogen) atoms. The van der Waals surface area contributed by atoms with Crippen molar-refractivity contribution in [1.29, 1.82) is 0 Å². The van der Waals surface area contributed by atoms with Crippen LogP contribution in [0.25, 0.3) is 0 Å². The maximum atomic E-state index is 6.21. The smallest absolute Gasteiger partial charge is 0.226 e. The number of anilines is 1. The molecule has 1 saturated carbocycles. The SMILES string of the molecule is CCOc1cc(C)nc(NCC2CCCC(Cl)C2)n1. The second-order valence-electron chi connectivity index (χ2n) is 5.11. The number of hydrogen-bond acceptors (Lipinski definition) is 4. The summed E-state index contributed by atoms with van der Waals surface area (Å²) in [5, 5.41) is 3.65. The number of rotatable bonds is 5. The van der Waals surface area contributed by atoms with Crippen LogP contribution < -0.4 is 10.1 Å². The van der Waals surface area contributed by atoms with Gasteiger partial charge in [0.25, 0.3) is 0 Å². The van der Waals surface area contributed by atoms with Crippen LogP contribution in [0.15, 0.2) is 6.07 Å². The summed E-state index contributed by atoms with van der Waals surface area (Å²) in [6, 6.07) is 1.85. The van der Waals surface area contributed by atoms with Crippen LogP contribution in [0.2, 0.25) is 0 Å². The van der Waals surface area contributed by atoms with Gasteiger partial charge in [0.2, 0.25) is 11.8 Å². The van der Waals surface area contributed by atoms with Crippen LogP contribution in [0.4, 0.5) is 5.95 Å². The van der Waals surface area contributed by atoms with Crippen molar-refractivity contribution < 1.29 is 4.74 Å². The molecule has 2 atom stereocenters. The zero-order valence-corrected chi connectivity index (χ0v) is 12.4. The Morgan fingerprint density at radius 2 is 2.26 bits per heavy atom. The van der Waals surface area contributed by atoms with E-state index in [9.17, 15) is 0 Å². The summed E-state index contributed by atoms with van der Waals surface area (Å²) in [4.78, 5) is 8.73. The fraction of sp³-hybridized carbons (Fsp3) is 0.714. The molecule has 4 nitrogen and oxygen atoms in total. The second kappa shape index (κ2) is 6.94. The van der Waals surface area contributed by atoms with Crippen LogP contribution in [-0.4, -0.2) is 28.5 Å². The number of aryl methyl sites for hydroxylation is 1. The molecule has 106 valence electrons. The predicted molar refractivity (Wildman–Crippen MR) is 78.0 cm³/mol. The van der Waals surface area contributed by atoms with Crippen LogP contribution in [0.5, 0.6) is 5.88 Å². The molecule has 5 heteroatoms. The van der Waals surface area contributed by atoms with Gasteiger partial charge < -0.3 is 10.1 Å². The van der Waals surface area contributed by atoms with E-state index in [4.69, 9.17) is 16.3 Å². The lowest BCUT2D eigenvalue weighted by atomic mass is 9.89. The zero-order valence-electron chi connectivity index (χ0n) is 11.7. The van der Waals surface area contributed by atoms with Crippen molar-refractivity contribution in [2.75, 3.05) is 18.5 Å². The van der Waals surface area contributed by atoms with E-state index in [1.165, 1.54) is 12.8 Å². The van der Waals surface area contributed by atoms with Gasteiger partial charge in [0.05, 0.1) is 6.61 Å². The molecule has 0 spiro atoms. The largest absolute Gasteiger partial charge is 0.478 e. The Hall–Kier alpha value is -1.03. The van der Waals surface area contributed by atoms with Crippen LogP contribution >= 0.6 is 11.6 Å². The van der Waals surface area contributed by atoms with Crippen LogP contribution in [0.3, 0.4) is 0 Å². The van der Waals surface area contributed by atoms with E-state index in [1.54, 1.807) is 0 Å². The lowest BCUT2D eigenvalue weighted by Crippen LogP contribution is -2.23. The lowest BCUT2D eigenvalue weighted by Gasteiger charge is -2.25. The normalized spacial score (nSPS) is 23.1. The Morgan fingerprint density at radius 3 is 3.00 bits per heavy atom. The van der Waals surface area contributed by atoms with Crippen molar-refractivity contribution in [2.45, 2.75) is 44.9 Å². The summed E-state index contributed by atoms with van der Waals surface area (Å²) in [6.45, 7) is 5.41. The van der Waals surface area contributed by atoms with Gasteiger partial charge in [-0.2, -0.15) is 4.98 Å². The van der Waals surface area contributed by atoms with Crippen molar-refractivity contribution in [1.82, 2.24) is 9.97 Å². The average molecular weight is 284 g/mol. The minimum Gasteiger partial charge on any atom is -0.478 e. The molecular weight excluding hydrogens is 262 g/mol. The van der Waals surface area contributed by atoms with Gasteiger partial charge in [0.15, 0.2) is 0 Å². The van der Waals surface area contributed by atoms with E-state index in [0.717, 1.165) is 25.1 Å². The first-order valence-corrected chi connectivity index (χ1v) is 7.47. The maximum absolute atomic E-state index is 6.21. The summed E-state index contributed by atoms with van der Waals surface area (Å²) in [6.07, 6.45) is 4.69. The van der Waals surface area contributed by atoms with Crippen molar-refractivity contribution in [3.63, 3.8) is 0 Å². The molecule has 1 aliphatic carbocycles. The van der Waals surface area contributed by atoms with E-state index in [0.29, 0.717) is 29.7 Å². The van der Waals surface area contributed by atoms with Crippen LogP contribution in [0.1, 0.15) is 38.3 Å². The zero-order chi connectivity index (χ0) is 13.7. The van der Waals surface area contributed by atoms with E-state index in [2.05, 4.69) is 15.3 Å². The van der Waals surface area contributed by atoms with Crippen LogP contribution in [-0.2, 0) is 0 Å². The van der Waals surface area contributed by atoms with Gasteiger partial charge in [-0.25, -0.2) is 4.98 Å². The molecule has 2 rings (SSSR count). The molecule has 1 aliphatic rings. The minimum absolute atomic E-state index is 0.331. The van der Waals surface area contributed by atoms with Crippen molar-refractivity contribution >= 4 is 17.5 Å². The van der Waals surface area contributed by atoms with Crippen molar-refractivity contribution in [2.24, 2.45) is 5.92 Å². The number of nitrogens with zero attached hydrogens (tertiary/aromatic N) is 2. The average Bonchev–Trinajstić information content (AvgIpc) is 2.36. The first-order chi connectivity index (χ1) is 9.17. The molecule has 0 aromatic carbocycles. The van der Waals surface area contributed by atoms with E-state index < -0.39 is 0 Å². The third kappa shape index (κ3) is 4.53. The lowest BCUT2D eigenvalue weighted by molar-refractivity contribution is 0.326. The number of aromatic nitrogens is 2. The predicted octanol–water partition coefficient (Wildman–Crippen LogP) is 3.39. The number of nitrogens with one attached hydrogen (secondary N) is 1. The summed E-state index contributed by atoms with van der Waals surface area (Å²) < 4.78 is 5.42. The maximum Gasteiger partial charge on any atom is 0.226 e. The molecule has 0 aliphatic heterocycles. The van der Waals surface area contributed by atoms with E-state index >= 15 is 0 Å². The third-order valence-electron chi connectivity index (χ3n) is 3.39. The minimum atomic E-state index is 0.331. The van der Waals surface area contributed by atoms with Crippen molar-refractivity contribution in [3.05, 3.63) is 11.8 Å². The second-order valence-corrected chi connectivity index (χ2v) is 5.73. The van der Waals surface area contributed by atoms with Crippen molar-refractivity contribution in [3.8, 4) is 5.88 Å². The van der Waals surface area contributed by atoms with E-state index in [1.807, 2.05) is 19.9 Å². The molecule has 1 N–H and O–H groups in total. The van der Waals surface area contributed by atoms with Gasteiger partial charge >= 0.3 is 0 Å². The third-order valence-corrected chi connectivity index (χ3v) is 3.79. The number of alkyl halides is 1. The first kappa shape index (κ1) is 14.4. The Kier molecular flexibility index (Phi) is 5.25. The highest BCUT2D eigenvalue weighted by Gasteiger charge is 2.20. The molecular formula is C14H22ClN3O. The Bertz CT molecular complexity index is 414. The highest BCUT2D eigenvalue weighted by molar-refractivity contribution is 6.20. The molecule has 0 radical (unpaired) electrons. The molecule has 1 fully saturated rings. The van der Waals surface area contributed by atoms with Gasteiger partial charge in [-0.1, -0.05) is 6.42 Å². The highest BCUT2D eigenvalue weighted by atomic mass is 35.5. The van der Waals surface area contributed by atoms with Gasteiger partial charge in [0.1, 0.15) is 0 Å². The van der Waals surface area contributed by atoms with Gasteiger partial charge in [-0.3, -0.25) is 0 Å².